The molecule has 2 aliphatic heterocycles. The zero-order valence-corrected chi connectivity index (χ0v) is 20.9. The summed E-state index contributed by atoms with van der Waals surface area (Å²) in [5.41, 5.74) is 1.52. The summed E-state index contributed by atoms with van der Waals surface area (Å²) >= 11 is 10.7. The minimum atomic E-state index is 0.759. The molecule has 0 fully saturated rings. The molecule has 0 N–H and O–H groups in total. The monoisotopic (exact) mass is 498 g/mol. The van der Waals surface area contributed by atoms with Gasteiger partial charge in [-0.05, 0) is 48.6 Å². The largest absolute Gasteiger partial charge is 0.248 e. The molecule has 8 heteroatoms. The second kappa shape index (κ2) is 10.9. The van der Waals surface area contributed by atoms with E-state index in [1.54, 1.807) is 59.4 Å². The zero-order chi connectivity index (χ0) is 20.8. The van der Waals surface area contributed by atoms with Gasteiger partial charge in [-0.3, -0.25) is 0 Å². The van der Waals surface area contributed by atoms with Crippen LogP contribution in [0.5, 0.6) is 0 Å². The van der Waals surface area contributed by atoms with Crippen LogP contribution in [-0.2, 0) is 0 Å². The summed E-state index contributed by atoms with van der Waals surface area (Å²) in [6.07, 6.45) is 7.78. The molecule has 0 atom stereocenters. The first-order chi connectivity index (χ1) is 14.8. The Kier molecular flexibility index (Phi) is 7.95. The molecule has 2 nitrogen and oxygen atoms in total. The second-order valence-electron chi connectivity index (χ2n) is 5.55. The van der Waals surface area contributed by atoms with Gasteiger partial charge in [0.2, 0.25) is 0 Å². The molecule has 0 aromatic carbocycles. The summed E-state index contributed by atoms with van der Waals surface area (Å²) in [6, 6.07) is 11.5. The number of pyridine rings is 2. The van der Waals surface area contributed by atoms with E-state index in [0.29, 0.717) is 0 Å². The second-order valence-corrected chi connectivity index (χ2v) is 12.3. The number of rotatable bonds is 2. The van der Waals surface area contributed by atoms with E-state index in [4.69, 9.17) is 0 Å². The fourth-order valence-corrected chi connectivity index (χ4v) is 9.87. The molecule has 0 unspecified atom stereocenters. The van der Waals surface area contributed by atoms with E-state index in [2.05, 4.69) is 46.2 Å². The first-order valence-electron chi connectivity index (χ1n) is 8.65. The summed E-state index contributed by atoms with van der Waals surface area (Å²) in [5, 5.41) is 0. The summed E-state index contributed by atoms with van der Waals surface area (Å²) in [4.78, 5) is 10.6. The SMILES string of the molecule is CSC1=C(SC)SC(=C2SC(C#Cc3ccccn3)=C(C#Cc3ccccn3)S2)S1. The van der Waals surface area contributed by atoms with Gasteiger partial charge in [0, 0.05) is 12.4 Å². The number of aromatic nitrogens is 2. The van der Waals surface area contributed by atoms with Crippen molar-refractivity contribution in [2.45, 2.75) is 0 Å². The topological polar surface area (TPSA) is 25.8 Å². The van der Waals surface area contributed by atoms with Gasteiger partial charge < -0.3 is 0 Å². The molecule has 0 bridgehead atoms. The maximum absolute atomic E-state index is 4.31. The van der Waals surface area contributed by atoms with Crippen LogP contribution in [0, 0.1) is 23.7 Å². The van der Waals surface area contributed by atoms with Crippen LogP contribution in [-0.4, -0.2) is 22.5 Å². The van der Waals surface area contributed by atoms with E-state index in [1.807, 2.05) is 59.9 Å². The molecule has 0 saturated carbocycles. The number of hydrogen-bond donors (Lipinski definition) is 0. The normalized spacial score (nSPS) is 15.8. The van der Waals surface area contributed by atoms with Crippen molar-refractivity contribution in [3.8, 4) is 23.7 Å². The molecule has 4 heterocycles. The van der Waals surface area contributed by atoms with Crippen molar-refractivity contribution in [1.29, 1.82) is 0 Å². The Hall–Kier alpha value is -1.26. The van der Waals surface area contributed by atoms with Crippen molar-refractivity contribution in [3.63, 3.8) is 0 Å². The standard InChI is InChI=1S/C22H14N2S6/c1-25-19-20(26-2)30-22(29-19)21-27-17(11-9-15-7-3-5-13-23-15)18(28-21)12-10-16-8-4-6-14-24-16/h3-8,13-14H,1-2H3. The lowest BCUT2D eigenvalue weighted by Crippen LogP contribution is -1.80. The van der Waals surface area contributed by atoms with Crippen molar-refractivity contribution in [1.82, 2.24) is 9.97 Å². The number of thioether (sulfide) groups is 6. The van der Waals surface area contributed by atoms with Gasteiger partial charge in [-0.15, -0.1) is 23.5 Å². The highest BCUT2D eigenvalue weighted by molar-refractivity contribution is 8.42. The molecule has 4 rings (SSSR count). The van der Waals surface area contributed by atoms with E-state index in [9.17, 15) is 0 Å². The molecule has 0 radical (unpaired) electrons. The quantitative estimate of drug-likeness (QED) is 0.407. The third-order valence-corrected chi connectivity index (χ3v) is 11.8. The average Bonchev–Trinajstić information content (AvgIpc) is 3.41. The highest BCUT2D eigenvalue weighted by Gasteiger charge is 2.28. The van der Waals surface area contributed by atoms with Crippen molar-refractivity contribution < 1.29 is 0 Å². The highest BCUT2D eigenvalue weighted by atomic mass is 32.3. The van der Waals surface area contributed by atoms with Crippen LogP contribution < -0.4 is 0 Å². The molecule has 0 amide bonds. The van der Waals surface area contributed by atoms with Crippen molar-refractivity contribution >= 4 is 70.6 Å². The third-order valence-electron chi connectivity index (χ3n) is 3.61. The maximum atomic E-state index is 4.31. The first kappa shape index (κ1) is 22.0. The summed E-state index contributed by atoms with van der Waals surface area (Å²) in [5.74, 6) is 12.9. The van der Waals surface area contributed by atoms with Gasteiger partial charge >= 0.3 is 0 Å². The van der Waals surface area contributed by atoms with E-state index in [0.717, 1.165) is 21.2 Å². The van der Waals surface area contributed by atoms with Gasteiger partial charge in [0.25, 0.3) is 0 Å². The Labute approximate surface area is 202 Å². The molecule has 30 heavy (non-hydrogen) atoms. The highest BCUT2D eigenvalue weighted by Crippen LogP contribution is 2.62. The molecular weight excluding hydrogens is 485 g/mol. The average molecular weight is 499 g/mol. The smallest absolute Gasteiger partial charge is 0.113 e. The Balaban J connectivity index is 1.65. The van der Waals surface area contributed by atoms with E-state index < -0.39 is 0 Å². The minimum Gasteiger partial charge on any atom is -0.248 e. The number of nitrogens with zero attached hydrogens (tertiary/aromatic N) is 2. The Morgan fingerprint density at radius 2 is 1.10 bits per heavy atom. The van der Waals surface area contributed by atoms with E-state index >= 15 is 0 Å². The van der Waals surface area contributed by atoms with Gasteiger partial charge in [-0.25, -0.2) is 9.97 Å². The Bertz CT molecular complexity index is 1070. The zero-order valence-electron chi connectivity index (χ0n) is 16.0. The Morgan fingerprint density at radius 1 is 0.633 bits per heavy atom. The summed E-state index contributed by atoms with van der Waals surface area (Å²) in [6.45, 7) is 0. The maximum Gasteiger partial charge on any atom is 0.113 e. The molecule has 148 valence electrons. The first-order valence-corrected chi connectivity index (χ1v) is 14.4. The summed E-state index contributed by atoms with van der Waals surface area (Å²) < 4.78 is 5.29. The van der Waals surface area contributed by atoms with Crippen molar-refractivity contribution in [2.24, 2.45) is 0 Å². The van der Waals surface area contributed by atoms with Gasteiger partial charge in [-0.2, -0.15) is 0 Å². The van der Waals surface area contributed by atoms with Gasteiger partial charge in [0.05, 0.1) is 26.8 Å². The van der Waals surface area contributed by atoms with Crippen molar-refractivity contribution in [2.75, 3.05) is 12.5 Å². The van der Waals surface area contributed by atoms with Crippen LogP contribution in [0.4, 0.5) is 0 Å². The molecule has 2 aliphatic rings. The van der Waals surface area contributed by atoms with Crippen LogP contribution >= 0.6 is 70.6 Å². The lowest BCUT2D eigenvalue weighted by atomic mass is 10.3. The predicted octanol–water partition coefficient (Wildman–Crippen LogP) is 7.03. The fourth-order valence-electron chi connectivity index (χ4n) is 2.27. The molecule has 0 aliphatic carbocycles. The van der Waals surface area contributed by atoms with Crippen LogP contribution in [0.15, 0.2) is 75.6 Å². The minimum absolute atomic E-state index is 0.759. The third kappa shape index (κ3) is 5.50. The van der Waals surface area contributed by atoms with Crippen LogP contribution in [0.3, 0.4) is 0 Å². The molecule has 2 aromatic heterocycles. The Morgan fingerprint density at radius 3 is 1.50 bits per heavy atom. The lowest BCUT2D eigenvalue weighted by Gasteiger charge is -2.00. The van der Waals surface area contributed by atoms with Crippen molar-refractivity contribution in [3.05, 3.63) is 86.9 Å². The molecule has 0 spiro atoms. The predicted molar refractivity (Wildman–Crippen MR) is 141 cm³/mol. The molecule has 2 aromatic rings. The van der Waals surface area contributed by atoms with E-state index in [-0.39, 0.29) is 0 Å². The number of hydrogen-bond acceptors (Lipinski definition) is 8. The van der Waals surface area contributed by atoms with Crippen LogP contribution in [0.2, 0.25) is 0 Å². The molecular formula is C22H14N2S6. The van der Waals surface area contributed by atoms with Gasteiger partial charge in [0.15, 0.2) is 0 Å². The van der Waals surface area contributed by atoms with Gasteiger partial charge in [0.1, 0.15) is 11.4 Å². The van der Waals surface area contributed by atoms with E-state index in [1.165, 1.54) is 16.9 Å². The lowest BCUT2D eigenvalue weighted by molar-refractivity contribution is 1.29. The summed E-state index contributed by atoms with van der Waals surface area (Å²) in [7, 11) is 0. The van der Waals surface area contributed by atoms with Crippen LogP contribution in [0.25, 0.3) is 0 Å². The molecule has 0 saturated heterocycles. The fraction of sp³-hybridized carbons (Fsp3) is 0.0909. The van der Waals surface area contributed by atoms with Gasteiger partial charge in [-0.1, -0.05) is 71.0 Å². The number of allylic oxidation sites excluding steroid dienone is 2. The van der Waals surface area contributed by atoms with Crippen LogP contribution in [0.1, 0.15) is 11.4 Å².